The Labute approximate surface area is 184 Å². The summed E-state index contributed by atoms with van der Waals surface area (Å²) in [6, 6.07) is 5.50. The zero-order chi connectivity index (χ0) is 23.3. The quantitative estimate of drug-likeness (QED) is 0.573. The van der Waals surface area contributed by atoms with Gasteiger partial charge in [0.1, 0.15) is 10.6 Å². The molecule has 0 aliphatic carbocycles. The minimum Gasteiger partial charge on any atom is -0.494 e. The maximum Gasteiger partial charge on any atom is 0.355 e. The number of nitrogens with one attached hydrogen (secondary N) is 1. The molecule has 1 aromatic heterocycles. The van der Waals surface area contributed by atoms with Gasteiger partial charge in [-0.1, -0.05) is 6.07 Å². The zero-order valence-electron chi connectivity index (χ0n) is 17.7. The van der Waals surface area contributed by atoms with Crippen LogP contribution in [0.4, 0.5) is 4.39 Å². The summed E-state index contributed by atoms with van der Waals surface area (Å²) in [6.07, 6.45) is 1.20. The van der Waals surface area contributed by atoms with Crippen molar-refractivity contribution in [1.82, 2.24) is 14.2 Å². The van der Waals surface area contributed by atoms with Gasteiger partial charge in [-0.3, -0.25) is 4.79 Å². The van der Waals surface area contributed by atoms with Crippen molar-refractivity contribution in [2.24, 2.45) is 0 Å². The first-order valence-corrected chi connectivity index (χ1v) is 11.2. The smallest absolute Gasteiger partial charge is 0.355 e. The summed E-state index contributed by atoms with van der Waals surface area (Å²) in [4.78, 5) is 28.3. The molecule has 1 aliphatic heterocycles. The van der Waals surface area contributed by atoms with Crippen LogP contribution in [-0.2, 0) is 30.8 Å². The van der Waals surface area contributed by atoms with Crippen molar-refractivity contribution in [3.05, 3.63) is 47.5 Å². The van der Waals surface area contributed by atoms with Crippen LogP contribution < -0.4 is 4.74 Å². The Hall–Kier alpha value is -2.96. The van der Waals surface area contributed by atoms with Crippen LogP contribution in [0.5, 0.6) is 5.75 Å². The lowest BCUT2D eigenvalue weighted by Gasteiger charge is -2.25. The number of nitrogens with zero attached hydrogens (tertiary/aromatic N) is 2. The molecule has 0 bridgehead atoms. The molecule has 174 valence electrons. The molecule has 10 nitrogen and oxygen atoms in total. The highest BCUT2D eigenvalue weighted by Gasteiger charge is 2.28. The number of benzene rings is 1. The van der Waals surface area contributed by atoms with Gasteiger partial charge >= 0.3 is 5.97 Å². The molecular weight excluding hydrogens is 445 g/mol. The summed E-state index contributed by atoms with van der Waals surface area (Å²) in [5.41, 5.74) is 0.442. The van der Waals surface area contributed by atoms with E-state index in [2.05, 4.69) is 4.98 Å². The third-order valence-corrected chi connectivity index (χ3v) is 6.75. The number of aromatic nitrogens is 1. The van der Waals surface area contributed by atoms with E-state index >= 15 is 0 Å². The van der Waals surface area contributed by atoms with Crippen LogP contribution in [0.25, 0.3) is 0 Å². The second-order valence-electron chi connectivity index (χ2n) is 7.06. The number of halogens is 1. The summed E-state index contributed by atoms with van der Waals surface area (Å²) in [5.74, 6) is -1.84. The lowest BCUT2D eigenvalue weighted by Crippen LogP contribution is -2.40. The molecular formula is C20H24FN3O7S. The summed E-state index contributed by atoms with van der Waals surface area (Å²) in [5, 5.41) is 0. The number of carbonyl (C=O) groups excluding carboxylic acids is 2. The lowest BCUT2D eigenvalue weighted by atomic mass is 10.2. The number of rotatable bonds is 8. The summed E-state index contributed by atoms with van der Waals surface area (Å²) in [7, 11) is -0.923. The van der Waals surface area contributed by atoms with Crippen molar-refractivity contribution in [2.45, 2.75) is 11.4 Å². The van der Waals surface area contributed by atoms with Gasteiger partial charge in [-0.15, -0.1) is 0 Å². The molecule has 12 heteroatoms. The first-order chi connectivity index (χ1) is 15.2. The van der Waals surface area contributed by atoms with Gasteiger partial charge in [0, 0.05) is 32.9 Å². The minimum atomic E-state index is -3.76. The monoisotopic (exact) mass is 469 g/mol. The topological polar surface area (TPSA) is 118 Å². The molecule has 0 spiro atoms. The highest BCUT2D eigenvalue weighted by atomic mass is 32.2. The maximum atomic E-state index is 13.8. The number of aromatic amines is 1. The minimum absolute atomic E-state index is 0.0728. The van der Waals surface area contributed by atoms with Gasteiger partial charge in [0.05, 0.1) is 20.3 Å². The molecule has 0 atom stereocenters. The van der Waals surface area contributed by atoms with E-state index < -0.39 is 34.3 Å². The van der Waals surface area contributed by atoms with Gasteiger partial charge in [-0.25, -0.2) is 17.6 Å². The summed E-state index contributed by atoms with van der Waals surface area (Å²) < 4.78 is 55.3. The molecule has 1 saturated heterocycles. The lowest BCUT2D eigenvalue weighted by molar-refractivity contribution is -0.133. The van der Waals surface area contributed by atoms with E-state index in [0.29, 0.717) is 18.8 Å². The number of esters is 1. The van der Waals surface area contributed by atoms with Crippen molar-refractivity contribution in [3.63, 3.8) is 0 Å². The third kappa shape index (κ3) is 5.44. The Morgan fingerprint density at radius 1 is 1.25 bits per heavy atom. The molecule has 1 amide bonds. The molecule has 2 aromatic rings. The molecule has 0 unspecified atom stereocenters. The number of hydrogen-bond donors (Lipinski definition) is 1. The number of hydrogen-bond acceptors (Lipinski definition) is 7. The average Bonchev–Trinajstić information content (AvgIpc) is 3.29. The number of methoxy groups -OCH3 is 1. The van der Waals surface area contributed by atoms with Crippen molar-refractivity contribution in [1.29, 1.82) is 0 Å². The fourth-order valence-electron chi connectivity index (χ4n) is 3.06. The first kappa shape index (κ1) is 23.7. The maximum absolute atomic E-state index is 13.8. The summed E-state index contributed by atoms with van der Waals surface area (Å²) >= 11 is 0. The van der Waals surface area contributed by atoms with Crippen LogP contribution in [0, 0.1) is 5.82 Å². The van der Waals surface area contributed by atoms with Crippen molar-refractivity contribution >= 4 is 21.9 Å². The predicted octanol–water partition coefficient (Wildman–Crippen LogP) is 0.999. The average molecular weight is 469 g/mol. The molecule has 1 N–H and O–H groups in total. The van der Waals surface area contributed by atoms with Crippen molar-refractivity contribution in [2.75, 3.05) is 47.1 Å². The highest BCUT2D eigenvalue weighted by Crippen LogP contribution is 2.19. The van der Waals surface area contributed by atoms with Gasteiger partial charge in [0.25, 0.3) is 5.91 Å². The first-order valence-electron chi connectivity index (χ1n) is 9.72. The Kier molecular flexibility index (Phi) is 7.48. The fraction of sp³-hybridized carbons (Fsp3) is 0.400. The summed E-state index contributed by atoms with van der Waals surface area (Å²) in [6.45, 7) is 0.605. The normalized spacial score (nSPS) is 14.7. The molecule has 32 heavy (non-hydrogen) atoms. The molecule has 1 aromatic carbocycles. The SMILES string of the molecule is COc1ccc(CN(C)C(=O)COC(=O)c2cc(S(=O)(=O)N3CCOCC3)c[nH]2)cc1F. The Morgan fingerprint density at radius 3 is 2.62 bits per heavy atom. The second-order valence-corrected chi connectivity index (χ2v) is 9.00. The van der Waals surface area contributed by atoms with E-state index in [4.69, 9.17) is 14.2 Å². The molecule has 3 rings (SSSR count). The number of amides is 1. The van der Waals surface area contributed by atoms with Gasteiger partial charge < -0.3 is 24.1 Å². The van der Waals surface area contributed by atoms with Crippen LogP contribution in [-0.4, -0.2) is 81.6 Å². The van der Waals surface area contributed by atoms with Crippen molar-refractivity contribution in [3.8, 4) is 5.75 Å². The number of H-pyrrole nitrogens is 1. The van der Waals surface area contributed by atoms with Gasteiger partial charge in [0.15, 0.2) is 18.2 Å². The van der Waals surface area contributed by atoms with E-state index in [1.165, 1.54) is 47.8 Å². The Bertz CT molecular complexity index is 1080. The highest BCUT2D eigenvalue weighted by molar-refractivity contribution is 7.89. The molecule has 1 fully saturated rings. The fourth-order valence-corrected chi connectivity index (χ4v) is 4.47. The number of carbonyl (C=O) groups is 2. The standard InChI is InChI=1S/C20H24FN3O7S/c1-23(12-14-3-4-18(29-2)16(21)9-14)19(25)13-31-20(26)17-10-15(11-22-17)32(27,28)24-5-7-30-8-6-24/h3-4,9-11,22H,5-8,12-13H2,1-2H3. The van der Waals surface area contributed by atoms with E-state index in [-0.39, 0.29) is 36.0 Å². The molecule has 2 heterocycles. The number of ether oxygens (including phenoxy) is 3. The Balaban J connectivity index is 1.55. The van der Waals surface area contributed by atoms with E-state index in [1.54, 1.807) is 6.07 Å². The Morgan fingerprint density at radius 2 is 1.97 bits per heavy atom. The number of likely N-dealkylation sites (N-methyl/N-ethyl adjacent to an activating group) is 1. The van der Waals surface area contributed by atoms with E-state index in [0.717, 1.165) is 0 Å². The van der Waals surface area contributed by atoms with E-state index in [1.807, 2.05) is 0 Å². The van der Waals surface area contributed by atoms with Gasteiger partial charge in [0.2, 0.25) is 10.0 Å². The largest absolute Gasteiger partial charge is 0.494 e. The molecule has 0 radical (unpaired) electrons. The molecule has 0 saturated carbocycles. The van der Waals surface area contributed by atoms with Gasteiger partial charge in [-0.2, -0.15) is 4.31 Å². The second kappa shape index (κ2) is 10.1. The van der Waals surface area contributed by atoms with Crippen molar-refractivity contribution < 1.29 is 36.6 Å². The number of morpholine rings is 1. The van der Waals surface area contributed by atoms with Crippen LogP contribution in [0.3, 0.4) is 0 Å². The predicted molar refractivity (Wildman–Crippen MR) is 110 cm³/mol. The third-order valence-electron chi connectivity index (χ3n) is 4.87. The van der Waals surface area contributed by atoms with E-state index in [9.17, 15) is 22.4 Å². The zero-order valence-corrected chi connectivity index (χ0v) is 18.5. The molecule has 1 aliphatic rings. The van der Waals surface area contributed by atoms with Crippen LogP contribution in [0.15, 0.2) is 35.4 Å². The van der Waals surface area contributed by atoms with Crippen LogP contribution in [0.2, 0.25) is 0 Å². The van der Waals surface area contributed by atoms with Crippen LogP contribution in [0.1, 0.15) is 16.1 Å². The van der Waals surface area contributed by atoms with Gasteiger partial charge in [-0.05, 0) is 23.8 Å². The number of sulfonamides is 1. The van der Waals surface area contributed by atoms with Crippen LogP contribution >= 0.6 is 0 Å².